The maximum absolute atomic E-state index is 14.1. The first-order valence-corrected chi connectivity index (χ1v) is 7.16. The minimum absolute atomic E-state index is 0.00400. The molecule has 1 atom stereocenters. The van der Waals surface area contributed by atoms with Crippen LogP contribution < -0.4 is 0 Å². The number of benzene rings is 1. The fraction of sp³-hybridized carbons (Fsp3) is 0.438. The zero-order valence-corrected chi connectivity index (χ0v) is 12.3. The van der Waals surface area contributed by atoms with E-state index in [4.69, 9.17) is 0 Å². The maximum atomic E-state index is 14.1. The van der Waals surface area contributed by atoms with Gasteiger partial charge in [-0.15, -0.1) is 0 Å². The molecule has 1 aliphatic rings. The molecule has 126 valence electrons. The van der Waals surface area contributed by atoms with Crippen LogP contribution in [0.25, 0.3) is 5.57 Å². The number of carbonyl (C=O) groups excluding carboxylic acids is 1. The summed E-state index contributed by atoms with van der Waals surface area (Å²) in [5.74, 6) is -3.66. The van der Waals surface area contributed by atoms with E-state index in [1.165, 1.54) is 12.1 Å². The van der Waals surface area contributed by atoms with E-state index in [9.17, 15) is 26.7 Å². The Morgan fingerprint density at radius 2 is 2.00 bits per heavy atom. The standard InChI is InChI=1S/C16H15F5O2/c1-2-9-3-5-11(13(17)7-9)12-6-4-10(8-14(12)18)23-15(22)16(19,20)21/h3,5,7,10H,2,4,6,8H2,1H3. The van der Waals surface area contributed by atoms with Gasteiger partial charge in [-0.3, -0.25) is 0 Å². The van der Waals surface area contributed by atoms with Crippen molar-refractivity contribution in [2.24, 2.45) is 0 Å². The molecule has 0 fully saturated rings. The van der Waals surface area contributed by atoms with Gasteiger partial charge in [-0.2, -0.15) is 13.2 Å². The van der Waals surface area contributed by atoms with Crippen LogP contribution in [0.15, 0.2) is 24.0 Å². The van der Waals surface area contributed by atoms with Crippen LogP contribution in [0.5, 0.6) is 0 Å². The molecule has 0 bridgehead atoms. The SMILES string of the molecule is CCc1ccc(C2=C(F)CC(OC(=O)C(F)(F)F)CC2)c(F)c1. The van der Waals surface area contributed by atoms with Gasteiger partial charge in [0.25, 0.3) is 0 Å². The van der Waals surface area contributed by atoms with Crippen molar-refractivity contribution in [3.8, 4) is 0 Å². The summed E-state index contributed by atoms with van der Waals surface area (Å²) in [5, 5.41) is 0. The summed E-state index contributed by atoms with van der Waals surface area (Å²) in [6, 6.07) is 4.45. The normalized spacial score (nSPS) is 19.0. The highest BCUT2D eigenvalue weighted by molar-refractivity contribution is 5.76. The Balaban J connectivity index is 2.15. The van der Waals surface area contributed by atoms with E-state index in [2.05, 4.69) is 4.74 Å². The van der Waals surface area contributed by atoms with Gasteiger partial charge in [-0.25, -0.2) is 13.6 Å². The lowest BCUT2D eigenvalue weighted by atomic mass is 9.90. The number of hydrogen-bond acceptors (Lipinski definition) is 2. The molecule has 1 aliphatic carbocycles. The van der Waals surface area contributed by atoms with Gasteiger partial charge in [-0.1, -0.05) is 19.1 Å². The van der Waals surface area contributed by atoms with Crippen LogP contribution in [0.1, 0.15) is 37.3 Å². The fourth-order valence-electron chi connectivity index (χ4n) is 2.49. The third-order valence-corrected chi connectivity index (χ3v) is 3.72. The molecule has 0 aliphatic heterocycles. The molecule has 2 nitrogen and oxygen atoms in total. The van der Waals surface area contributed by atoms with Crippen molar-refractivity contribution in [1.29, 1.82) is 0 Å². The smallest absolute Gasteiger partial charge is 0.455 e. The van der Waals surface area contributed by atoms with Crippen molar-refractivity contribution in [2.45, 2.75) is 44.9 Å². The quantitative estimate of drug-likeness (QED) is 0.590. The molecule has 0 N–H and O–H groups in total. The zero-order chi connectivity index (χ0) is 17.2. The molecule has 0 radical (unpaired) electrons. The first kappa shape index (κ1) is 17.4. The van der Waals surface area contributed by atoms with Crippen molar-refractivity contribution >= 4 is 11.5 Å². The van der Waals surface area contributed by atoms with Crippen molar-refractivity contribution in [3.05, 3.63) is 41.0 Å². The number of allylic oxidation sites excluding steroid dienone is 1. The summed E-state index contributed by atoms with van der Waals surface area (Å²) in [7, 11) is 0. The van der Waals surface area contributed by atoms with Crippen LogP contribution in [0.2, 0.25) is 0 Å². The topological polar surface area (TPSA) is 26.3 Å². The predicted octanol–water partition coefficient (Wildman–Crippen LogP) is 4.73. The van der Waals surface area contributed by atoms with Crippen LogP contribution in [0, 0.1) is 5.82 Å². The van der Waals surface area contributed by atoms with E-state index in [1.54, 1.807) is 6.07 Å². The fourth-order valence-corrected chi connectivity index (χ4v) is 2.49. The molecule has 23 heavy (non-hydrogen) atoms. The third-order valence-electron chi connectivity index (χ3n) is 3.72. The van der Waals surface area contributed by atoms with Crippen LogP contribution in [0.4, 0.5) is 22.0 Å². The average molecular weight is 334 g/mol. The molecule has 0 aromatic heterocycles. The summed E-state index contributed by atoms with van der Waals surface area (Å²) < 4.78 is 68.8. The summed E-state index contributed by atoms with van der Waals surface area (Å²) >= 11 is 0. The Labute approximate surface area is 129 Å². The highest BCUT2D eigenvalue weighted by atomic mass is 19.4. The van der Waals surface area contributed by atoms with Gasteiger partial charge in [0.05, 0.1) is 0 Å². The molecule has 0 saturated heterocycles. The number of esters is 1. The van der Waals surface area contributed by atoms with E-state index in [0.717, 1.165) is 5.56 Å². The van der Waals surface area contributed by atoms with Gasteiger partial charge in [-0.05, 0) is 36.5 Å². The van der Waals surface area contributed by atoms with Gasteiger partial charge in [0.15, 0.2) is 0 Å². The van der Waals surface area contributed by atoms with E-state index < -0.39 is 36.3 Å². The first-order chi connectivity index (χ1) is 10.7. The molecule has 0 saturated carbocycles. The van der Waals surface area contributed by atoms with Gasteiger partial charge >= 0.3 is 12.1 Å². The summed E-state index contributed by atoms with van der Waals surface area (Å²) in [6.45, 7) is 1.86. The van der Waals surface area contributed by atoms with E-state index in [-0.39, 0.29) is 24.0 Å². The maximum Gasteiger partial charge on any atom is 0.490 e. The van der Waals surface area contributed by atoms with Gasteiger partial charge < -0.3 is 4.74 Å². The molecule has 7 heteroatoms. The number of ether oxygens (including phenoxy) is 1. The van der Waals surface area contributed by atoms with Crippen molar-refractivity contribution in [2.75, 3.05) is 0 Å². The number of carbonyl (C=O) groups is 1. The lowest BCUT2D eigenvalue weighted by Gasteiger charge is -2.24. The summed E-state index contributed by atoms with van der Waals surface area (Å²) in [5.41, 5.74) is 0.977. The average Bonchev–Trinajstić information content (AvgIpc) is 2.47. The van der Waals surface area contributed by atoms with Crippen molar-refractivity contribution in [3.63, 3.8) is 0 Å². The van der Waals surface area contributed by atoms with Gasteiger partial charge in [0, 0.05) is 12.0 Å². The van der Waals surface area contributed by atoms with E-state index >= 15 is 0 Å². The van der Waals surface area contributed by atoms with Crippen LogP contribution in [-0.2, 0) is 16.0 Å². The Kier molecular flexibility index (Phi) is 5.06. The Morgan fingerprint density at radius 3 is 2.52 bits per heavy atom. The monoisotopic (exact) mass is 334 g/mol. The minimum atomic E-state index is -5.11. The lowest BCUT2D eigenvalue weighted by Crippen LogP contribution is -2.31. The molecule has 0 amide bonds. The number of rotatable bonds is 3. The predicted molar refractivity (Wildman–Crippen MR) is 73.6 cm³/mol. The lowest BCUT2D eigenvalue weighted by molar-refractivity contribution is -0.205. The van der Waals surface area contributed by atoms with E-state index in [1.807, 2.05) is 6.92 Å². The summed E-state index contributed by atoms with van der Waals surface area (Å²) in [6.07, 6.45) is -6.13. The molecule has 1 aromatic rings. The van der Waals surface area contributed by atoms with Crippen molar-refractivity contribution < 1.29 is 31.5 Å². The Morgan fingerprint density at radius 1 is 1.30 bits per heavy atom. The summed E-state index contributed by atoms with van der Waals surface area (Å²) in [4.78, 5) is 10.8. The molecule has 1 aromatic carbocycles. The second-order valence-electron chi connectivity index (χ2n) is 5.32. The van der Waals surface area contributed by atoms with Gasteiger partial charge in [0.1, 0.15) is 17.7 Å². The second kappa shape index (κ2) is 6.68. The van der Waals surface area contributed by atoms with Gasteiger partial charge in [0.2, 0.25) is 0 Å². The highest BCUT2D eigenvalue weighted by Gasteiger charge is 2.42. The first-order valence-electron chi connectivity index (χ1n) is 7.16. The van der Waals surface area contributed by atoms with Crippen LogP contribution >= 0.6 is 0 Å². The van der Waals surface area contributed by atoms with Crippen LogP contribution in [-0.4, -0.2) is 18.2 Å². The molecule has 0 spiro atoms. The molecular weight excluding hydrogens is 319 g/mol. The molecule has 0 heterocycles. The largest absolute Gasteiger partial charge is 0.490 e. The third kappa shape index (κ3) is 4.09. The zero-order valence-electron chi connectivity index (χ0n) is 12.3. The minimum Gasteiger partial charge on any atom is -0.455 e. The van der Waals surface area contributed by atoms with E-state index in [0.29, 0.717) is 6.42 Å². The number of alkyl halides is 3. The number of halogens is 5. The second-order valence-corrected chi connectivity index (χ2v) is 5.32. The Hall–Kier alpha value is -1.92. The highest BCUT2D eigenvalue weighted by Crippen LogP contribution is 2.36. The molecule has 1 unspecified atom stereocenters. The van der Waals surface area contributed by atoms with Crippen LogP contribution in [0.3, 0.4) is 0 Å². The van der Waals surface area contributed by atoms with Crippen molar-refractivity contribution in [1.82, 2.24) is 0 Å². The molecular formula is C16H15F5O2. The Bertz CT molecular complexity index is 634. The molecule has 2 rings (SSSR count). The number of aryl methyl sites for hydroxylation is 1. The number of hydrogen-bond donors (Lipinski definition) is 0.